The molecule has 1 N–H and O–H groups in total. The van der Waals surface area contributed by atoms with Gasteiger partial charge in [0, 0.05) is 5.56 Å². The quantitative estimate of drug-likeness (QED) is 0.587. The van der Waals surface area contributed by atoms with Gasteiger partial charge in [-0.05, 0) is 58.9 Å². The Morgan fingerprint density at radius 2 is 2.03 bits per heavy atom. The maximum atomic E-state index is 12.7. The first-order chi connectivity index (χ1) is 14.7. The molecule has 1 fully saturated rings. The van der Waals surface area contributed by atoms with Crippen molar-refractivity contribution in [1.82, 2.24) is 4.98 Å². The van der Waals surface area contributed by atoms with Crippen molar-refractivity contribution < 1.29 is 28.6 Å². The summed E-state index contributed by atoms with van der Waals surface area (Å²) in [6, 6.07) is 7.33. The maximum Gasteiger partial charge on any atom is 0.335 e. The molecule has 1 aliphatic rings. The van der Waals surface area contributed by atoms with Crippen LogP contribution in [0.5, 0.6) is 0 Å². The molecular weight excluding hydrogens is 398 g/mol. The van der Waals surface area contributed by atoms with Crippen LogP contribution >= 0.6 is 0 Å². The third-order valence-electron chi connectivity index (χ3n) is 5.75. The number of hydrogen-bond donors (Lipinski definition) is 1. The minimum atomic E-state index is -1.19. The molecule has 0 aliphatic heterocycles. The fraction of sp³-hybridized carbons (Fsp3) is 0.542. The lowest BCUT2D eigenvalue weighted by Gasteiger charge is -2.31. The molecule has 1 aromatic heterocycles. The first-order valence-corrected chi connectivity index (χ1v) is 10.7. The van der Waals surface area contributed by atoms with Crippen molar-refractivity contribution in [2.75, 3.05) is 6.61 Å². The van der Waals surface area contributed by atoms with Crippen LogP contribution in [0.15, 0.2) is 28.7 Å². The molecule has 0 amide bonds. The molecule has 168 valence electrons. The van der Waals surface area contributed by atoms with Crippen molar-refractivity contribution in [1.29, 1.82) is 0 Å². The van der Waals surface area contributed by atoms with Crippen LogP contribution in [0.3, 0.4) is 0 Å². The molecule has 1 heterocycles. The molecule has 2 atom stereocenters. The topological polar surface area (TPSA) is 98.9 Å². The number of rotatable bonds is 9. The van der Waals surface area contributed by atoms with Crippen LogP contribution in [-0.2, 0) is 20.9 Å². The van der Waals surface area contributed by atoms with E-state index in [9.17, 15) is 14.7 Å². The highest BCUT2D eigenvalue weighted by molar-refractivity contribution is 6.06. The van der Waals surface area contributed by atoms with E-state index < -0.39 is 11.6 Å². The van der Waals surface area contributed by atoms with Gasteiger partial charge in [-0.2, -0.15) is 0 Å². The SMILES string of the molecule is Cc1cccc(C(=O)c2nc(CO[C@H]3CCC[C@@H](COC(C)(C)C(=O)O)C3)c(C)o2)c1. The zero-order valence-electron chi connectivity index (χ0n) is 18.6. The molecule has 31 heavy (non-hydrogen) atoms. The summed E-state index contributed by atoms with van der Waals surface area (Å²) in [5, 5.41) is 9.20. The fourth-order valence-electron chi connectivity index (χ4n) is 3.70. The molecule has 0 saturated heterocycles. The monoisotopic (exact) mass is 429 g/mol. The van der Waals surface area contributed by atoms with Gasteiger partial charge in [0.05, 0.1) is 19.3 Å². The van der Waals surface area contributed by atoms with E-state index in [1.54, 1.807) is 26.8 Å². The summed E-state index contributed by atoms with van der Waals surface area (Å²) in [4.78, 5) is 28.3. The van der Waals surface area contributed by atoms with Crippen LogP contribution in [0.2, 0.25) is 0 Å². The predicted octanol–water partition coefficient (Wildman–Crippen LogP) is 4.48. The molecule has 0 radical (unpaired) electrons. The number of nitrogens with zero attached hydrogens (tertiary/aromatic N) is 1. The van der Waals surface area contributed by atoms with E-state index in [0.717, 1.165) is 31.2 Å². The van der Waals surface area contributed by atoms with Gasteiger partial charge in [0.15, 0.2) is 5.60 Å². The zero-order valence-corrected chi connectivity index (χ0v) is 18.6. The lowest BCUT2D eigenvalue weighted by molar-refractivity contribution is -0.163. The number of aliphatic carboxylic acids is 1. The Labute approximate surface area is 182 Å². The number of carbonyl (C=O) groups excluding carboxylic acids is 1. The average Bonchev–Trinajstić information content (AvgIpc) is 3.11. The molecule has 7 nitrogen and oxygen atoms in total. The molecule has 0 unspecified atom stereocenters. The highest BCUT2D eigenvalue weighted by atomic mass is 16.5. The minimum absolute atomic E-state index is 0.0438. The van der Waals surface area contributed by atoms with Gasteiger partial charge in [-0.3, -0.25) is 4.79 Å². The van der Waals surface area contributed by atoms with Gasteiger partial charge in [0.1, 0.15) is 11.5 Å². The summed E-state index contributed by atoms with van der Waals surface area (Å²) in [6.45, 7) is 7.52. The van der Waals surface area contributed by atoms with Gasteiger partial charge in [0.25, 0.3) is 5.89 Å². The number of carboxylic acids is 1. The van der Waals surface area contributed by atoms with E-state index in [-0.39, 0.29) is 30.3 Å². The van der Waals surface area contributed by atoms with Gasteiger partial charge in [-0.25, -0.2) is 9.78 Å². The van der Waals surface area contributed by atoms with E-state index >= 15 is 0 Å². The summed E-state index contributed by atoms with van der Waals surface area (Å²) < 4.78 is 17.3. The van der Waals surface area contributed by atoms with E-state index in [1.807, 2.05) is 25.1 Å². The maximum absolute atomic E-state index is 12.7. The van der Waals surface area contributed by atoms with Crippen molar-refractivity contribution in [3.05, 3.63) is 52.7 Å². The smallest absolute Gasteiger partial charge is 0.335 e. The molecule has 7 heteroatoms. The van der Waals surface area contributed by atoms with Crippen LogP contribution in [0.1, 0.15) is 72.8 Å². The Kier molecular flexibility index (Phi) is 7.28. The average molecular weight is 430 g/mol. The van der Waals surface area contributed by atoms with E-state index in [0.29, 0.717) is 23.6 Å². The van der Waals surface area contributed by atoms with Crippen molar-refractivity contribution in [2.24, 2.45) is 5.92 Å². The van der Waals surface area contributed by atoms with Gasteiger partial charge in [-0.15, -0.1) is 0 Å². The van der Waals surface area contributed by atoms with Gasteiger partial charge in [-0.1, -0.05) is 30.2 Å². The highest BCUT2D eigenvalue weighted by Crippen LogP contribution is 2.29. The Bertz CT molecular complexity index is 932. The van der Waals surface area contributed by atoms with Crippen molar-refractivity contribution >= 4 is 11.8 Å². The van der Waals surface area contributed by atoms with Gasteiger partial charge in [0.2, 0.25) is 5.78 Å². The Morgan fingerprint density at radius 1 is 1.26 bits per heavy atom. The van der Waals surface area contributed by atoms with Crippen LogP contribution < -0.4 is 0 Å². The lowest BCUT2D eigenvalue weighted by atomic mass is 9.87. The number of carbonyl (C=O) groups is 2. The zero-order chi connectivity index (χ0) is 22.6. The number of benzene rings is 1. The summed E-state index contributed by atoms with van der Waals surface area (Å²) in [5.41, 5.74) is 0.987. The highest BCUT2D eigenvalue weighted by Gasteiger charge is 2.31. The number of aryl methyl sites for hydroxylation is 2. The molecule has 1 saturated carbocycles. The third-order valence-corrected chi connectivity index (χ3v) is 5.75. The summed E-state index contributed by atoms with van der Waals surface area (Å²) in [6.07, 6.45) is 3.78. The summed E-state index contributed by atoms with van der Waals surface area (Å²) >= 11 is 0. The van der Waals surface area contributed by atoms with Crippen LogP contribution in [-0.4, -0.2) is 40.2 Å². The van der Waals surface area contributed by atoms with E-state index in [2.05, 4.69) is 4.98 Å². The fourth-order valence-corrected chi connectivity index (χ4v) is 3.70. The molecular formula is C24H31NO6. The van der Waals surface area contributed by atoms with Gasteiger partial charge >= 0.3 is 5.97 Å². The molecule has 2 aromatic rings. The van der Waals surface area contributed by atoms with Crippen molar-refractivity contribution in [3.8, 4) is 0 Å². The number of hydrogen-bond acceptors (Lipinski definition) is 6. The number of aromatic nitrogens is 1. The summed E-state index contributed by atoms with van der Waals surface area (Å²) in [5.74, 6) is -0.292. The van der Waals surface area contributed by atoms with Crippen LogP contribution in [0, 0.1) is 19.8 Å². The number of carboxylic acid groups (broad SMARTS) is 1. The molecule has 0 spiro atoms. The largest absolute Gasteiger partial charge is 0.479 e. The summed E-state index contributed by atoms with van der Waals surface area (Å²) in [7, 11) is 0. The van der Waals surface area contributed by atoms with E-state index in [4.69, 9.17) is 13.9 Å². The van der Waals surface area contributed by atoms with Crippen LogP contribution in [0.4, 0.5) is 0 Å². The second kappa shape index (κ2) is 9.75. The van der Waals surface area contributed by atoms with Crippen molar-refractivity contribution in [2.45, 2.75) is 71.7 Å². The predicted molar refractivity (Wildman–Crippen MR) is 114 cm³/mol. The van der Waals surface area contributed by atoms with Crippen LogP contribution in [0.25, 0.3) is 0 Å². The first-order valence-electron chi connectivity index (χ1n) is 10.7. The number of oxazole rings is 1. The Hall–Kier alpha value is -2.51. The van der Waals surface area contributed by atoms with Gasteiger partial charge < -0.3 is 19.0 Å². The normalized spacial score (nSPS) is 19.4. The number of ketones is 1. The molecule has 3 rings (SSSR count). The third kappa shape index (κ3) is 6.02. The second-order valence-corrected chi connectivity index (χ2v) is 8.81. The van der Waals surface area contributed by atoms with E-state index in [1.165, 1.54) is 0 Å². The Balaban J connectivity index is 1.55. The standard InChI is InChI=1S/C24H31NO6/c1-15-7-5-9-18(11-15)21(26)22-25-20(16(2)31-22)14-29-19-10-6-8-17(12-19)13-30-24(3,4)23(27)28/h5,7,9,11,17,19H,6,8,10,12-14H2,1-4H3,(H,27,28)/t17-,19+/m1/s1. The second-order valence-electron chi connectivity index (χ2n) is 8.81. The Morgan fingerprint density at radius 3 is 2.74 bits per heavy atom. The minimum Gasteiger partial charge on any atom is -0.479 e. The molecule has 1 aliphatic carbocycles. The number of ether oxygens (including phenoxy) is 2. The molecule has 1 aromatic carbocycles. The van der Waals surface area contributed by atoms with Crippen molar-refractivity contribution in [3.63, 3.8) is 0 Å². The first kappa shape index (κ1) is 23.2. The lowest BCUT2D eigenvalue weighted by Crippen LogP contribution is -2.37. The molecule has 0 bridgehead atoms.